The lowest BCUT2D eigenvalue weighted by Crippen LogP contribution is -2.47. The third kappa shape index (κ3) is 2.97. The van der Waals surface area contributed by atoms with Crippen molar-refractivity contribution in [1.82, 2.24) is 10.2 Å². The van der Waals surface area contributed by atoms with Gasteiger partial charge in [0.05, 0.1) is 6.04 Å². The average Bonchev–Trinajstić information content (AvgIpc) is 2.52. The van der Waals surface area contributed by atoms with E-state index in [4.69, 9.17) is 0 Å². The zero-order valence-corrected chi connectivity index (χ0v) is 12.0. The smallest absolute Gasteiger partial charge is 0.321 e. The van der Waals surface area contributed by atoms with E-state index in [9.17, 15) is 4.79 Å². The highest BCUT2D eigenvalue weighted by atomic mass is 16.2. The van der Waals surface area contributed by atoms with Gasteiger partial charge in [0.25, 0.3) is 0 Å². The van der Waals surface area contributed by atoms with Gasteiger partial charge in [-0.3, -0.25) is 0 Å². The zero-order chi connectivity index (χ0) is 14.7. The second-order valence-corrected chi connectivity index (χ2v) is 5.25. The van der Waals surface area contributed by atoms with Crippen molar-refractivity contribution >= 4 is 11.6 Å². The fourth-order valence-electron chi connectivity index (χ4n) is 2.60. The van der Waals surface area contributed by atoms with Crippen molar-refractivity contribution in [3.05, 3.63) is 78.0 Å². The van der Waals surface area contributed by atoms with Crippen molar-refractivity contribution in [2.75, 3.05) is 7.05 Å². The molecule has 0 aromatic heterocycles. The summed E-state index contributed by atoms with van der Waals surface area (Å²) in [6, 6.07) is 20.4. The normalized spacial score (nSPS) is 18.1. The molecule has 3 rings (SSSR count). The molecule has 0 radical (unpaired) electrons. The summed E-state index contributed by atoms with van der Waals surface area (Å²) in [6.07, 6.45) is 2.73. The van der Waals surface area contributed by atoms with Crippen LogP contribution in [0.15, 0.2) is 66.9 Å². The summed E-state index contributed by atoms with van der Waals surface area (Å²) in [4.78, 5) is 13.5. The monoisotopic (exact) mass is 278 g/mol. The maximum Gasteiger partial charge on any atom is 0.321 e. The van der Waals surface area contributed by atoms with E-state index in [-0.39, 0.29) is 12.1 Å². The van der Waals surface area contributed by atoms with Crippen LogP contribution < -0.4 is 5.32 Å². The van der Waals surface area contributed by atoms with Gasteiger partial charge in [0, 0.05) is 13.2 Å². The van der Waals surface area contributed by atoms with Crippen molar-refractivity contribution in [2.45, 2.75) is 12.5 Å². The first-order valence-electron chi connectivity index (χ1n) is 7.08. The minimum atomic E-state index is -0.0596. The Bertz CT molecular complexity index is 649. The highest BCUT2D eigenvalue weighted by molar-refractivity contribution is 5.85. The molecule has 1 heterocycles. The lowest BCUT2D eigenvalue weighted by Gasteiger charge is -2.30. The number of hydrogen-bond acceptors (Lipinski definition) is 1. The molecule has 3 heteroatoms. The van der Waals surface area contributed by atoms with E-state index in [2.05, 4.69) is 29.6 Å². The van der Waals surface area contributed by atoms with Gasteiger partial charge < -0.3 is 10.2 Å². The van der Waals surface area contributed by atoms with Gasteiger partial charge in [-0.15, -0.1) is 0 Å². The minimum absolute atomic E-state index is 0.00139. The standard InChI is InChI=1S/C18H18N2O/c1-20-13-16(15-10-6-3-7-11-15)17(19-18(20)21)12-14-8-4-2-5-9-14/h2-11,13,17H,12H2,1H3,(H,19,21). The summed E-state index contributed by atoms with van der Waals surface area (Å²) in [5.41, 5.74) is 3.50. The molecule has 2 aromatic carbocycles. The van der Waals surface area contributed by atoms with Crippen LogP contribution in [0.3, 0.4) is 0 Å². The van der Waals surface area contributed by atoms with Gasteiger partial charge in [0.15, 0.2) is 0 Å². The van der Waals surface area contributed by atoms with Gasteiger partial charge in [0.2, 0.25) is 0 Å². The molecule has 0 bridgehead atoms. The zero-order valence-electron chi connectivity index (χ0n) is 12.0. The Labute approximate surface area is 124 Å². The molecule has 0 saturated heterocycles. The van der Waals surface area contributed by atoms with Crippen LogP contribution in [-0.2, 0) is 6.42 Å². The summed E-state index contributed by atoms with van der Waals surface area (Å²) in [5, 5.41) is 3.08. The molecule has 1 aliphatic rings. The van der Waals surface area contributed by atoms with Crippen LogP contribution in [0.5, 0.6) is 0 Å². The van der Waals surface area contributed by atoms with Crippen molar-refractivity contribution in [3.63, 3.8) is 0 Å². The van der Waals surface area contributed by atoms with Crippen LogP contribution in [0, 0.1) is 0 Å². The predicted octanol–water partition coefficient (Wildman–Crippen LogP) is 3.29. The number of nitrogens with zero attached hydrogens (tertiary/aromatic N) is 1. The number of hydrogen-bond donors (Lipinski definition) is 1. The van der Waals surface area contributed by atoms with Crippen molar-refractivity contribution in [2.24, 2.45) is 0 Å². The van der Waals surface area contributed by atoms with Crippen LogP contribution in [0.4, 0.5) is 4.79 Å². The van der Waals surface area contributed by atoms with Gasteiger partial charge in [-0.25, -0.2) is 4.79 Å². The van der Waals surface area contributed by atoms with Crippen molar-refractivity contribution in [3.8, 4) is 0 Å². The fraction of sp³-hybridized carbons (Fsp3) is 0.167. The number of amides is 2. The number of carbonyl (C=O) groups excluding carboxylic acids is 1. The Morgan fingerprint density at radius 2 is 1.62 bits per heavy atom. The van der Waals surface area contributed by atoms with Gasteiger partial charge in [-0.05, 0) is 23.1 Å². The topological polar surface area (TPSA) is 32.3 Å². The summed E-state index contributed by atoms with van der Waals surface area (Å²) in [5.74, 6) is 0. The molecule has 1 aliphatic heterocycles. The summed E-state index contributed by atoms with van der Waals surface area (Å²) < 4.78 is 0. The molecule has 106 valence electrons. The molecule has 3 nitrogen and oxygen atoms in total. The molecular weight excluding hydrogens is 260 g/mol. The number of rotatable bonds is 3. The Morgan fingerprint density at radius 3 is 2.29 bits per heavy atom. The first kappa shape index (κ1) is 13.4. The van der Waals surface area contributed by atoms with Gasteiger partial charge in [-0.1, -0.05) is 60.7 Å². The molecule has 0 fully saturated rings. The third-order valence-electron chi connectivity index (χ3n) is 3.72. The maximum absolute atomic E-state index is 11.9. The van der Waals surface area contributed by atoms with E-state index < -0.39 is 0 Å². The molecule has 2 amide bonds. The van der Waals surface area contributed by atoms with E-state index in [1.807, 2.05) is 42.6 Å². The Hall–Kier alpha value is -2.55. The van der Waals surface area contributed by atoms with E-state index in [0.717, 1.165) is 17.6 Å². The molecular formula is C18H18N2O. The molecule has 0 saturated carbocycles. The van der Waals surface area contributed by atoms with Crippen molar-refractivity contribution in [1.29, 1.82) is 0 Å². The van der Waals surface area contributed by atoms with Gasteiger partial charge >= 0.3 is 6.03 Å². The maximum atomic E-state index is 11.9. The van der Waals surface area contributed by atoms with Crippen LogP contribution >= 0.6 is 0 Å². The van der Waals surface area contributed by atoms with Crippen LogP contribution in [0.25, 0.3) is 5.57 Å². The fourth-order valence-corrected chi connectivity index (χ4v) is 2.60. The largest absolute Gasteiger partial charge is 0.330 e. The quantitative estimate of drug-likeness (QED) is 0.918. The molecule has 21 heavy (non-hydrogen) atoms. The molecule has 1 unspecified atom stereocenters. The Kier molecular flexibility index (Phi) is 3.73. The average molecular weight is 278 g/mol. The van der Waals surface area contributed by atoms with E-state index >= 15 is 0 Å². The van der Waals surface area contributed by atoms with Crippen LogP contribution in [0.2, 0.25) is 0 Å². The van der Waals surface area contributed by atoms with E-state index in [1.165, 1.54) is 5.56 Å². The lowest BCUT2D eigenvalue weighted by molar-refractivity contribution is 0.217. The molecule has 1 N–H and O–H groups in total. The summed E-state index contributed by atoms with van der Waals surface area (Å²) in [7, 11) is 1.77. The summed E-state index contributed by atoms with van der Waals surface area (Å²) in [6.45, 7) is 0. The molecule has 2 aromatic rings. The lowest BCUT2D eigenvalue weighted by atomic mass is 9.93. The highest BCUT2D eigenvalue weighted by Gasteiger charge is 2.25. The molecule has 0 aliphatic carbocycles. The van der Waals surface area contributed by atoms with Crippen molar-refractivity contribution < 1.29 is 4.79 Å². The van der Waals surface area contributed by atoms with Gasteiger partial charge in [0.1, 0.15) is 0 Å². The molecule has 0 spiro atoms. The predicted molar refractivity (Wildman–Crippen MR) is 84.6 cm³/mol. The SMILES string of the molecule is CN1C=C(c2ccccc2)C(Cc2ccccc2)NC1=O. The van der Waals surface area contributed by atoms with Crippen LogP contribution in [0.1, 0.15) is 11.1 Å². The second kappa shape index (κ2) is 5.83. The van der Waals surface area contributed by atoms with Crippen LogP contribution in [-0.4, -0.2) is 24.0 Å². The first-order chi connectivity index (χ1) is 10.2. The summed E-state index contributed by atoms with van der Waals surface area (Å²) >= 11 is 0. The number of nitrogens with one attached hydrogen (secondary N) is 1. The third-order valence-corrected chi connectivity index (χ3v) is 3.72. The Morgan fingerprint density at radius 1 is 1.00 bits per heavy atom. The Balaban J connectivity index is 1.93. The highest BCUT2D eigenvalue weighted by Crippen LogP contribution is 2.24. The van der Waals surface area contributed by atoms with Gasteiger partial charge in [-0.2, -0.15) is 0 Å². The first-order valence-corrected chi connectivity index (χ1v) is 7.08. The number of carbonyl (C=O) groups is 1. The van der Waals surface area contributed by atoms with E-state index in [0.29, 0.717) is 0 Å². The molecule has 1 atom stereocenters. The number of benzene rings is 2. The second-order valence-electron chi connectivity index (χ2n) is 5.25. The minimum Gasteiger partial charge on any atom is -0.330 e. The van der Waals surface area contributed by atoms with E-state index in [1.54, 1.807) is 11.9 Å². The number of urea groups is 1.